The minimum absolute atomic E-state index is 0.0727. The van der Waals surface area contributed by atoms with Crippen molar-refractivity contribution in [2.24, 2.45) is 5.73 Å². The van der Waals surface area contributed by atoms with Crippen LogP contribution in [0.2, 0.25) is 0 Å². The Morgan fingerprint density at radius 2 is 1.90 bits per heavy atom. The third-order valence-electron chi connectivity index (χ3n) is 3.13. The van der Waals surface area contributed by atoms with Gasteiger partial charge >= 0.3 is 0 Å². The molecule has 4 N–H and O–H groups in total. The van der Waals surface area contributed by atoms with Gasteiger partial charge in [0.2, 0.25) is 15.9 Å². The highest BCUT2D eigenvalue weighted by Gasteiger charge is 2.14. The van der Waals surface area contributed by atoms with Gasteiger partial charge in [-0.2, -0.15) is 0 Å². The van der Waals surface area contributed by atoms with Crippen LogP contribution in [-0.4, -0.2) is 26.9 Å². The Balaban J connectivity index is 2.51. The minimum Gasteiger partial charge on any atom is -0.354 e. The Labute approximate surface area is 126 Å². The molecule has 1 aromatic rings. The van der Waals surface area contributed by atoms with E-state index in [-0.39, 0.29) is 29.8 Å². The third kappa shape index (κ3) is 5.82. The molecule has 0 aliphatic heterocycles. The summed E-state index contributed by atoms with van der Waals surface area (Å²) in [7, 11) is -3.59. The number of nitrogens with one attached hydrogen (secondary N) is 2. The summed E-state index contributed by atoms with van der Waals surface area (Å²) in [5.74, 6) is -0.162. The molecule has 0 aliphatic carbocycles. The van der Waals surface area contributed by atoms with Crippen molar-refractivity contribution in [2.75, 3.05) is 6.54 Å². The minimum atomic E-state index is -3.59. The normalized spacial score (nSPS) is 12.9. The second-order valence-corrected chi connectivity index (χ2v) is 6.64. The zero-order chi connectivity index (χ0) is 15.9. The average Bonchev–Trinajstić information content (AvgIpc) is 2.46. The Morgan fingerprint density at radius 1 is 1.29 bits per heavy atom. The van der Waals surface area contributed by atoms with Gasteiger partial charge < -0.3 is 11.1 Å². The molecule has 0 fully saturated rings. The summed E-state index contributed by atoms with van der Waals surface area (Å²) < 4.78 is 26.5. The van der Waals surface area contributed by atoms with Gasteiger partial charge in [-0.05, 0) is 31.0 Å². The lowest BCUT2D eigenvalue weighted by atomic mass is 10.2. The van der Waals surface area contributed by atoms with E-state index in [0.717, 1.165) is 12.0 Å². The largest absolute Gasteiger partial charge is 0.354 e. The van der Waals surface area contributed by atoms with E-state index in [1.165, 1.54) is 12.1 Å². The van der Waals surface area contributed by atoms with Gasteiger partial charge in [0.05, 0.1) is 4.90 Å². The van der Waals surface area contributed by atoms with Crippen LogP contribution in [0.1, 0.15) is 32.3 Å². The molecular formula is C14H23N3O3S. The summed E-state index contributed by atoms with van der Waals surface area (Å²) in [5, 5.41) is 2.78. The van der Waals surface area contributed by atoms with Crippen molar-refractivity contribution in [3.8, 4) is 0 Å². The molecule has 0 saturated carbocycles. The van der Waals surface area contributed by atoms with Gasteiger partial charge in [-0.15, -0.1) is 0 Å². The fraction of sp³-hybridized carbons (Fsp3) is 0.500. The molecule has 1 aromatic carbocycles. The molecule has 0 bridgehead atoms. The maximum Gasteiger partial charge on any atom is 0.240 e. The number of hydrogen-bond acceptors (Lipinski definition) is 4. The number of carbonyl (C=O) groups excluding carboxylic acids is 1. The first-order valence-corrected chi connectivity index (χ1v) is 8.45. The Bertz CT molecular complexity index is 555. The van der Waals surface area contributed by atoms with Gasteiger partial charge in [-0.3, -0.25) is 4.79 Å². The molecule has 1 atom stereocenters. The fourth-order valence-electron chi connectivity index (χ4n) is 1.64. The highest BCUT2D eigenvalue weighted by molar-refractivity contribution is 7.89. The van der Waals surface area contributed by atoms with Crippen LogP contribution in [0.4, 0.5) is 0 Å². The highest BCUT2D eigenvalue weighted by Crippen LogP contribution is 2.10. The van der Waals surface area contributed by atoms with Crippen molar-refractivity contribution in [3.63, 3.8) is 0 Å². The molecule has 0 spiro atoms. The molecule has 1 amide bonds. The second-order valence-electron chi connectivity index (χ2n) is 4.87. The van der Waals surface area contributed by atoms with E-state index in [1.807, 2.05) is 13.8 Å². The first-order valence-electron chi connectivity index (χ1n) is 6.97. The summed E-state index contributed by atoms with van der Waals surface area (Å²) in [4.78, 5) is 11.7. The summed E-state index contributed by atoms with van der Waals surface area (Å²) in [6.07, 6.45) is 0.954. The second kappa shape index (κ2) is 8.11. The lowest BCUT2D eigenvalue weighted by molar-refractivity contribution is -0.121. The Morgan fingerprint density at radius 3 is 2.43 bits per heavy atom. The zero-order valence-electron chi connectivity index (χ0n) is 12.4. The maximum absolute atomic E-state index is 12.0. The average molecular weight is 313 g/mol. The number of nitrogens with two attached hydrogens (primary N) is 1. The van der Waals surface area contributed by atoms with Crippen molar-refractivity contribution in [3.05, 3.63) is 29.8 Å². The van der Waals surface area contributed by atoms with Crippen LogP contribution in [0, 0.1) is 0 Å². The molecule has 0 aromatic heterocycles. The van der Waals surface area contributed by atoms with E-state index in [1.54, 1.807) is 12.1 Å². The first-order chi connectivity index (χ1) is 9.89. The van der Waals surface area contributed by atoms with E-state index in [0.29, 0.717) is 6.54 Å². The Kier molecular flexibility index (Phi) is 6.80. The summed E-state index contributed by atoms with van der Waals surface area (Å²) >= 11 is 0. The summed E-state index contributed by atoms with van der Waals surface area (Å²) in [6.45, 7) is 4.31. The lowest BCUT2D eigenvalue weighted by Gasteiger charge is -2.11. The van der Waals surface area contributed by atoms with Gasteiger partial charge in [0.25, 0.3) is 0 Å². The smallest absolute Gasteiger partial charge is 0.240 e. The standard InChI is InChI=1S/C14H23N3O3S/c1-3-11(2)17-14(18)8-9-16-21(19,20)13-6-4-12(10-15)5-7-13/h4-7,11,16H,3,8-10,15H2,1-2H3,(H,17,18). The van der Waals surface area contributed by atoms with Crippen molar-refractivity contribution in [2.45, 2.75) is 44.2 Å². The van der Waals surface area contributed by atoms with Crippen LogP contribution in [0.5, 0.6) is 0 Å². The van der Waals surface area contributed by atoms with E-state index in [9.17, 15) is 13.2 Å². The molecule has 1 unspecified atom stereocenters. The lowest BCUT2D eigenvalue weighted by Crippen LogP contribution is -2.35. The predicted molar refractivity (Wildman–Crippen MR) is 82.0 cm³/mol. The molecule has 0 heterocycles. The van der Waals surface area contributed by atoms with Crippen LogP contribution >= 0.6 is 0 Å². The number of rotatable bonds is 8. The van der Waals surface area contributed by atoms with E-state index in [4.69, 9.17) is 5.73 Å². The molecule has 118 valence electrons. The molecular weight excluding hydrogens is 290 g/mol. The molecule has 0 saturated heterocycles. The number of benzene rings is 1. The van der Waals surface area contributed by atoms with Gasteiger partial charge in [0.15, 0.2) is 0 Å². The van der Waals surface area contributed by atoms with Crippen molar-refractivity contribution >= 4 is 15.9 Å². The quantitative estimate of drug-likeness (QED) is 0.658. The van der Waals surface area contributed by atoms with Crippen molar-refractivity contribution < 1.29 is 13.2 Å². The number of sulfonamides is 1. The topological polar surface area (TPSA) is 101 Å². The SMILES string of the molecule is CCC(C)NC(=O)CCNS(=O)(=O)c1ccc(CN)cc1. The summed E-state index contributed by atoms with van der Waals surface area (Å²) in [5.41, 5.74) is 6.33. The van der Waals surface area contributed by atoms with Gasteiger partial charge in [0.1, 0.15) is 0 Å². The van der Waals surface area contributed by atoms with Crippen LogP contribution in [0.3, 0.4) is 0 Å². The highest BCUT2D eigenvalue weighted by atomic mass is 32.2. The maximum atomic E-state index is 12.0. The molecule has 7 heteroatoms. The van der Waals surface area contributed by atoms with E-state index < -0.39 is 10.0 Å². The molecule has 0 radical (unpaired) electrons. The van der Waals surface area contributed by atoms with Gasteiger partial charge in [0, 0.05) is 25.6 Å². The Hall–Kier alpha value is -1.44. The number of amides is 1. The van der Waals surface area contributed by atoms with Crippen molar-refractivity contribution in [1.29, 1.82) is 0 Å². The van der Waals surface area contributed by atoms with Crippen LogP contribution < -0.4 is 15.8 Å². The monoisotopic (exact) mass is 313 g/mol. The molecule has 21 heavy (non-hydrogen) atoms. The third-order valence-corrected chi connectivity index (χ3v) is 4.61. The number of hydrogen-bond donors (Lipinski definition) is 3. The molecule has 0 aliphatic rings. The first kappa shape index (κ1) is 17.6. The van der Waals surface area contributed by atoms with Gasteiger partial charge in [-0.25, -0.2) is 13.1 Å². The van der Waals surface area contributed by atoms with Crippen LogP contribution in [0.15, 0.2) is 29.2 Å². The van der Waals surface area contributed by atoms with Crippen LogP contribution in [0.25, 0.3) is 0 Å². The van der Waals surface area contributed by atoms with Gasteiger partial charge in [-0.1, -0.05) is 19.1 Å². The fourth-order valence-corrected chi connectivity index (χ4v) is 2.67. The molecule has 6 nitrogen and oxygen atoms in total. The van der Waals surface area contributed by atoms with Crippen LogP contribution in [-0.2, 0) is 21.4 Å². The number of carbonyl (C=O) groups is 1. The van der Waals surface area contributed by atoms with E-state index >= 15 is 0 Å². The molecule has 1 rings (SSSR count). The summed E-state index contributed by atoms with van der Waals surface area (Å²) in [6, 6.07) is 6.44. The van der Waals surface area contributed by atoms with Crippen molar-refractivity contribution in [1.82, 2.24) is 10.0 Å². The zero-order valence-corrected chi connectivity index (χ0v) is 13.2. The predicted octanol–water partition coefficient (Wildman–Crippen LogP) is 0.728. The van der Waals surface area contributed by atoms with E-state index in [2.05, 4.69) is 10.0 Å².